The van der Waals surface area contributed by atoms with Gasteiger partial charge in [-0.1, -0.05) is 70.6 Å². The van der Waals surface area contributed by atoms with Gasteiger partial charge >= 0.3 is 0 Å². The van der Waals surface area contributed by atoms with Gasteiger partial charge in [-0.3, -0.25) is 4.79 Å². The number of unbranched alkanes of at least 4 members (excludes halogenated alkanes) is 7. The number of thioether (sulfide) groups is 1. The summed E-state index contributed by atoms with van der Waals surface area (Å²) in [4.78, 5) is 11.0. The van der Waals surface area contributed by atoms with Crippen LogP contribution in [0.1, 0.15) is 71.6 Å². The Labute approximate surface area is 99.4 Å². The first-order chi connectivity index (χ1) is 7.31. The zero-order chi connectivity index (χ0) is 11.4. The van der Waals surface area contributed by atoms with Crippen LogP contribution in [0.4, 0.5) is 0 Å². The number of carbonyl (C=O) groups excluding carboxylic acids is 1. The summed E-state index contributed by atoms with van der Waals surface area (Å²) < 4.78 is 0. The fraction of sp³-hybridized carbons (Fsp3) is 0.923. The minimum Gasteiger partial charge on any atom is -0.287 e. The van der Waals surface area contributed by atoms with Crippen LogP contribution in [-0.2, 0) is 4.79 Å². The van der Waals surface area contributed by atoms with Crippen molar-refractivity contribution < 1.29 is 4.79 Å². The summed E-state index contributed by atoms with van der Waals surface area (Å²) in [5, 5.41) is 0.345. The van der Waals surface area contributed by atoms with Gasteiger partial charge in [-0.2, -0.15) is 0 Å². The Morgan fingerprint density at radius 2 is 1.40 bits per heavy atom. The molecule has 0 aliphatic carbocycles. The predicted molar refractivity (Wildman–Crippen MR) is 70.4 cm³/mol. The minimum absolute atomic E-state index is 0.345. The van der Waals surface area contributed by atoms with Gasteiger partial charge in [0.15, 0.2) is 5.12 Å². The first kappa shape index (κ1) is 15.0. The molecule has 0 aliphatic heterocycles. The third-order valence-corrected chi connectivity index (χ3v) is 3.65. The third-order valence-electron chi connectivity index (χ3n) is 2.55. The van der Waals surface area contributed by atoms with Crippen molar-refractivity contribution in [1.82, 2.24) is 0 Å². The van der Waals surface area contributed by atoms with Gasteiger partial charge in [-0.05, 0) is 6.42 Å². The molecule has 0 saturated heterocycles. The zero-order valence-electron chi connectivity index (χ0n) is 10.4. The lowest BCUT2D eigenvalue weighted by Crippen LogP contribution is -1.90. The van der Waals surface area contributed by atoms with Crippen molar-refractivity contribution in [3.63, 3.8) is 0 Å². The van der Waals surface area contributed by atoms with E-state index in [1.54, 1.807) is 0 Å². The molecular formula is C13H26OS. The maximum absolute atomic E-state index is 11.0. The van der Waals surface area contributed by atoms with Crippen LogP contribution in [0.5, 0.6) is 0 Å². The monoisotopic (exact) mass is 230 g/mol. The van der Waals surface area contributed by atoms with E-state index in [2.05, 4.69) is 6.92 Å². The quantitative estimate of drug-likeness (QED) is 0.502. The first-order valence-corrected chi connectivity index (χ1v) is 7.45. The van der Waals surface area contributed by atoms with Gasteiger partial charge in [0.2, 0.25) is 0 Å². The lowest BCUT2D eigenvalue weighted by atomic mass is 10.1. The molecule has 0 saturated carbocycles. The average Bonchev–Trinajstić information content (AvgIpc) is 2.26. The second-order valence-electron chi connectivity index (χ2n) is 4.05. The van der Waals surface area contributed by atoms with E-state index in [-0.39, 0.29) is 0 Å². The highest BCUT2D eigenvalue weighted by Crippen LogP contribution is 2.12. The molecule has 0 atom stereocenters. The van der Waals surface area contributed by atoms with Crippen molar-refractivity contribution in [3.05, 3.63) is 0 Å². The molecule has 0 fully saturated rings. The molecule has 0 amide bonds. The molecule has 0 aromatic rings. The summed E-state index contributed by atoms with van der Waals surface area (Å²) in [6.07, 6.45) is 11.4. The van der Waals surface area contributed by atoms with Crippen molar-refractivity contribution in [2.75, 3.05) is 5.75 Å². The van der Waals surface area contributed by atoms with E-state index >= 15 is 0 Å². The molecule has 0 aromatic carbocycles. The molecule has 1 nitrogen and oxygen atoms in total. The van der Waals surface area contributed by atoms with Crippen LogP contribution in [0, 0.1) is 0 Å². The minimum atomic E-state index is 0.345. The summed E-state index contributed by atoms with van der Waals surface area (Å²) in [7, 11) is 0. The van der Waals surface area contributed by atoms with Crippen molar-refractivity contribution in [1.29, 1.82) is 0 Å². The number of carbonyl (C=O) groups is 1. The molecule has 0 bridgehead atoms. The highest BCUT2D eigenvalue weighted by atomic mass is 32.2. The van der Waals surface area contributed by atoms with Crippen LogP contribution in [-0.4, -0.2) is 10.9 Å². The second kappa shape index (κ2) is 12.1. The van der Waals surface area contributed by atoms with Crippen molar-refractivity contribution in [3.8, 4) is 0 Å². The number of rotatable bonds is 10. The Bertz CT molecular complexity index is 145. The van der Waals surface area contributed by atoms with Crippen molar-refractivity contribution >= 4 is 16.9 Å². The summed E-state index contributed by atoms with van der Waals surface area (Å²) in [5.74, 6) is 1.03. The summed E-state index contributed by atoms with van der Waals surface area (Å²) >= 11 is 1.51. The van der Waals surface area contributed by atoms with E-state index in [0.717, 1.165) is 5.75 Å². The highest BCUT2D eigenvalue weighted by molar-refractivity contribution is 8.13. The Hall–Kier alpha value is 0.0200. The van der Waals surface area contributed by atoms with Gasteiger partial charge in [0, 0.05) is 12.2 Å². The zero-order valence-corrected chi connectivity index (χ0v) is 11.2. The Balaban J connectivity index is 2.95. The molecule has 0 spiro atoms. The van der Waals surface area contributed by atoms with Crippen LogP contribution in [0.15, 0.2) is 0 Å². The fourth-order valence-electron chi connectivity index (χ4n) is 1.52. The second-order valence-corrected chi connectivity index (χ2v) is 5.20. The average molecular weight is 230 g/mol. The Kier molecular flexibility index (Phi) is 12.1. The molecule has 0 aromatic heterocycles. The maximum atomic E-state index is 11.0. The van der Waals surface area contributed by atoms with E-state index < -0.39 is 0 Å². The van der Waals surface area contributed by atoms with Gasteiger partial charge in [-0.25, -0.2) is 0 Å². The van der Waals surface area contributed by atoms with Crippen LogP contribution >= 0.6 is 11.8 Å². The van der Waals surface area contributed by atoms with E-state index in [9.17, 15) is 4.79 Å². The molecular weight excluding hydrogens is 204 g/mol. The lowest BCUT2D eigenvalue weighted by Gasteiger charge is -2.01. The van der Waals surface area contributed by atoms with Crippen LogP contribution < -0.4 is 0 Å². The van der Waals surface area contributed by atoms with Gasteiger partial charge in [0.25, 0.3) is 0 Å². The van der Waals surface area contributed by atoms with Gasteiger partial charge < -0.3 is 0 Å². The first-order valence-electron chi connectivity index (χ1n) is 6.46. The van der Waals surface area contributed by atoms with Crippen molar-refractivity contribution in [2.45, 2.75) is 71.6 Å². The molecule has 90 valence electrons. The summed E-state index contributed by atoms with van der Waals surface area (Å²) in [6, 6.07) is 0. The molecule has 0 unspecified atom stereocenters. The van der Waals surface area contributed by atoms with Gasteiger partial charge in [0.05, 0.1) is 0 Å². The largest absolute Gasteiger partial charge is 0.287 e. The highest BCUT2D eigenvalue weighted by Gasteiger charge is 1.97. The van der Waals surface area contributed by atoms with Crippen LogP contribution in [0.2, 0.25) is 0 Å². The smallest absolute Gasteiger partial charge is 0.188 e. The van der Waals surface area contributed by atoms with Crippen molar-refractivity contribution in [2.24, 2.45) is 0 Å². The van der Waals surface area contributed by atoms with E-state index in [1.165, 1.54) is 63.1 Å². The third kappa shape index (κ3) is 11.9. The van der Waals surface area contributed by atoms with E-state index in [4.69, 9.17) is 0 Å². The number of hydrogen-bond donors (Lipinski definition) is 0. The van der Waals surface area contributed by atoms with E-state index in [0.29, 0.717) is 11.5 Å². The van der Waals surface area contributed by atoms with E-state index in [1.807, 2.05) is 6.92 Å². The summed E-state index contributed by atoms with van der Waals surface area (Å²) in [6.45, 7) is 4.19. The normalized spacial score (nSPS) is 10.5. The lowest BCUT2D eigenvalue weighted by molar-refractivity contribution is -0.110. The maximum Gasteiger partial charge on any atom is 0.188 e. The molecule has 2 heteroatoms. The molecule has 0 heterocycles. The number of hydrogen-bond acceptors (Lipinski definition) is 2. The van der Waals surface area contributed by atoms with Gasteiger partial charge in [-0.15, -0.1) is 0 Å². The molecule has 0 rings (SSSR count). The molecule has 0 N–H and O–H groups in total. The summed E-state index contributed by atoms with van der Waals surface area (Å²) in [5.41, 5.74) is 0. The fourth-order valence-corrected chi connectivity index (χ4v) is 2.30. The molecule has 0 aliphatic rings. The topological polar surface area (TPSA) is 17.1 Å². The van der Waals surface area contributed by atoms with Crippen LogP contribution in [0.25, 0.3) is 0 Å². The predicted octanol–water partition coefficient (Wildman–Crippen LogP) is 4.80. The van der Waals surface area contributed by atoms with Gasteiger partial charge in [0.1, 0.15) is 0 Å². The van der Waals surface area contributed by atoms with Crippen LogP contribution in [0.3, 0.4) is 0 Å². The Morgan fingerprint density at radius 3 is 1.93 bits per heavy atom. The molecule has 15 heavy (non-hydrogen) atoms. The molecule has 0 radical (unpaired) electrons. The SMILES string of the molecule is CCCCCCCCCCSC(=O)CC. The standard InChI is InChI=1S/C13H26OS/c1-3-5-6-7-8-9-10-11-12-15-13(14)4-2/h3-12H2,1-2H3. The Morgan fingerprint density at radius 1 is 0.867 bits per heavy atom.